The van der Waals surface area contributed by atoms with E-state index in [4.69, 9.17) is 4.74 Å². The third-order valence-electron chi connectivity index (χ3n) is 2.71. The van der Waals surface area contributed by atoms with E-state index in [2.05, 4.69) is 21.0 Å². The summed E-state index contributed by atoms with van der Waals surface area (Å²) in [6.45, 7) is 0.209. The van der Waals surface area contributed by atoms with Crippen molar-refractivity contribution in [1.29, 1.82) is 0 Å². The van der Waals surface area contributed by atoms with Gasteiger partial charge in [-0.1, -0.05) is 15.9 Å². The molecular formula is C12H12BrF3N2O. The van der Waals surface area contributed by atoms with Gasteiger partial charge in [0, 0.05) is 22.8 Å². The number of ether oxygens (including phenoxy) is 1. The molecule has 0 saturated heterocycles. The maximum absolute atomic E-state index is 12.1. The quantitative estimate of drug-likeness (QED) is 0.838. The minimum Gasteiger partial charge on any atom is -0.494 e. The van der Waals surface area contributed by atoms with E-state index in [1.54, 1.807) is 16.9 Å². The van der Waals surface area contributed by atoms with Crippen LogP contribution in [0.3, 0.4) is 0 Å². The van der Waals surface area contributed by atoms with E-state index < -0.39 is 12.6 Å². The molecule has 1 heterocycles. The van der Waals surface area contributed by atoms with Crippen molar-refractivity contribution in [3.63, 3.8) is 0 Å². The van der Waals surface area contributed by atoms with Gasteiger partial charge in [-0.3, -0.25) is 4.68 Å². The highest BCUT2D eigenvalue weighted by molar-refractivity contribution is 9.10. The lowest BCUT2D eigenvalue weighted by molar-refractivity contribution is -0.135. The van der Waals surface area contributed by atoms with Crippen molar-refractivity contribution in [2.24, 2.45) is 0 Å². The second-order valence-electron chi connectivity index (χ2n) is 4.13. The standard InChI is InChI=1S/C12H12BrF3N2O/c1-19-10-6-9(13)5-8-7-17-18(11(8)10)4-2-3-12(14,15)16/h5-7H,2-4H2,1H3. The van der Waals surface area contributed by atoms with Crippen LogP contribution < -0.4 is 4.74 Å². The number of aryl methyl sites for hydroxylation is 1. The maximum atomic E-state index is 12.1. The normalized spacial score (nSPS) is 12.1. The number of hydrogen-bond donors (Lipinski definition) is 0. The molecule has 0 bridgehead atoms. The highest BCUT2D eigenvalue weighted by Crippen LogP contribution is 2.30. The monoisotopic (exact) mass is 336 g/mol. The van der Waals surface area contributed by atoms with Crippen LogP contribution in [0.2, 0.25) is 0 Å². The lowest BCUT2D eigenvalue weighted by Gasteiger charge is -2.09. The molecule has 0 spiro atoms. The molecule has 2 rings (SSSR count). The second-order valence-corrected chi connectivity index (χ2v) is 5.05. The smallest absolute Gasteiger partial charge is 0.389 e. The fourth-order valence-electron chi connectivity index (χ4n) is 1.91. The minimum atomic E-state index is -4.13. The van der Waals surface area contributed by atoms with Gasteiger partial charge >= 0.3 is 6.18 Å². The molecule has 3 nitrogen and oxygen atoms in total. The van der Waals surface area contributed by atoms with Gasteiger partial charge in [-0.25, -0.2) is 0 Å². The van der Waals surface area contributed by atoms with Gasteiger partial charge in [0.15, 0.2) is 0 Å². The lowest BCUT2D eigenvalue weighted by atomic mass is 10.2. The molecule has 0 radical (unpaired) electrons. The molecule has 0 amide bonds. The van der Waals surface area contributed by atoms with E-state index in [1.165, 1.54) is 7.11 Å². The van der Waals surface area contributed by atoms with Crippen LogP contribution in [-0.2, 0) is 6.54 Å². The summed E-state index contributed by atoms with van der Waals surface area (Å²) >= 11 is 3.35. The molecule has 0 unspecified atom stereocenters. The fourth-order valence-corrected chi connectivity index (χ4v) is 2.37. The van der Waals surface area contributed by atoms with Gasteiger partial charge in [-0.05, 0) is 18.6 Å². The van der Waals surface area contributed by atoms with Crippen molar-refractivity contribution >= 4 is 26.8 Å². The zero-order chi connectivity index (χ0) is 14.0. The number of hydrogen-bond acceptors (Lipinski definition) is 2. The zero-order valence-electron chi connectivity index (χ0n) is 10.2. The van der Waals surface area contributed by atoms with Gasteiger partial charge in [-0.15, -0.1) is 0 Å². The first kappa shape index (κ1) is 14.2. The summed E-state index contributed by atoms with van der Waals surface area (Å²) < 4.78 is 44.0. The average Bonchev–Trinajstić information content (AvgIpc) is 2.69. The van der Waals surface area contributed by atoms with Gasteiger partial charge in [0.25, 0.3) is 0 Å². The summed E-state index contributed by atoms with van der Waals surface area (Å²) in [5.41, 5.74) is 0.716. The summed E-state index contributed by atoms with van der Waals surface area (Å²) in [4.78, 5) is 0. The van der Waals surface area contributed by atoms with E-state index in [9.17, 15) is 13.2 Å². The van der Waals surface area contributed by atoms with Gasteiger partial charge < -0.3 is 4.74 Å². The Hall–Kier alpha value is -1.24. The number of halogens is 4. The summed E-state index contributed by atoms with van der Waals surface area (Å²) in [5, 5.41) is 4.94. The predicted octanol–water partition coefficient (Wildman–Crippen LogP) is 4.15. The number of nitrogens with zero attached hydrogens (tertiary/aromatic N) is 2. The van der Waals surface area contributed by atoms with Crippen molar-refractivity contribution < 1.29 is 17.9 Å². The van der Waals surface area contributed by atoms with Crippen LogP contribution in [-0.4, -0.2) is 23.1 Å². The minimum absolute atomic E-state index is 0.000498. The number of fused-ring (bicyclic) bond motifs is 1. The third kappa shape index (κ3) is 3.40. The Balaban J connectivity index is 2.24. The Morgan fingerprint density at radius 2 is 2.11 bits per heavy atom. The Kier molecular flexibility index (Phi) is 4.03. The van der Waals surface area contributed by atoms with Crippen LogP contribution in [0.15, 0.2) is 22.8 Å². The average molecular weight is 337 g/mol. The summed E-state index contributed by atoms with van der Waals surface area (Å²) in [5.74, 6) is 0.592. The molecule has 0 aliphatic rings. The molecule has 0 atom stereocenters. The highest BCUT2D eigenvalue weighted by atomic mass is 79.9. The fraction of sp³-hybridized carbons (Fsp3) is 0.417. The SMILES string of the molecule is COc1cc(Br)cc2cnn(CCCC(F)(F)F)c12. The zero-order valence-corrected chi connectivity index (χ0v) is 11.8. The Morgan fingerprint density at radius 1 is 1.37 bits per heavy atom. The first-order valence-corrected chi connectivity index (χ1v) is 6.46. The highest BCUT2D eigenvalue weighted by Gasteiger charge is 2.26. The summed E-state index contributed by atoms with van der Waals surface area (Å²) in [6.07, 6.45) is -3.32. The van der Waals surface area contributed by atoms with Crippen molar-refractivity contribution in [3.05, 3.63) is 22.8 Å². The number of alkyl halides is 3. The Bertz CT molecular complexity index is 580. The second kappa shape index (κ2) is 5.40. The first-order valence-electron chi connectivity index (χ1n) is 5.66. The Labute approximate surface area is 116 Å². The predicted molar refractivity (Wildman–Crippen MR) is 69.3 cm³/mol. The molecule has 19 heavy (non-hydrogen) atoms. The van der Waals surface area contributed by atoms with E-state index in [1.807, 2.05) is 6.07 Å². The van der Waals surface area contributed by atoms with Crippen molar-refractivity contribution in [3.8, 4) is 5.75 Å². The molecule has 0 N–H and O–H groups in total. The van der Waals surface area contributed by atoms with Crippen molar-refractivity contribution in [1.82, 2.24) is 9.78 Å². The molecular weight excluding hydrogens is 325 g/mol. The Morgan fingerprint density at radius 3 is 2.74 bits per heavy atom. The van der Waals surface area contributed by atoms with Gasteiger partial charge in [0.2, 0.25) is 0 Å². The molecule has 0 aliphatic heterocycles. The molecule has 1 aromatic carbocycles. The van der Waals surface area contributed by atoms with Crippen LogP contribution in [0.5, 0.6) is 5.75 Å². The van der Waals surface area contributed by atoms with Crippen LogP contribution in [0.25, 0.3) is 10.9 Å². The topological polar surface area (TPSA) is 27.1 Å². The largest absolute Gasteiger partial charge is 0.494 e. The van der Waals surface area contributed by atoms with Crippen LogP contribution >= 0.6 is 15.9 Å². The number of benzene rings is 1. The molecule has 0 saturated carbocycles. The summed E-state index contributed by atoms with van der Waals surface area (Å²) in [7, 11) is 1.52. The van der Waals surface area contributed by atoms with Crippen LogP contribution in [0.1, 0.15) is 12.8 Å². The molecule has 104 valence electrons. The van der Waals surface area contributed by atoms with Crippen molar-refractivity contribution in [2.45, 2.75) is 25.6 Å². The number of methoxy groups -OCH3 is 1. The van der Waals surface area contributed by atoms with Gasteiger partial charge in [-0.2, -0.15) is 18.3 Å². The molecule has 0 fully saturated rings. The first-order chi connectivity index (χ1) is 8.90. The maximum Gasteiger partial charge on any atom is 0.389 e. The van der Waals surface area contributed by atoms with E-state index >= 15 is 0 Å². The van der Waals surface area contributed by atoms with Crippen LogP contribution in [0.4, 0.5) is 13.2 Å². The molecule has 7 heteroatoms. The van der Waals surface area contributed by atoms with E-state index in [0.717, 1.165) is 9.86 Å². The number of rotatable bonds is 4. The third-order valence-corrected chi connectivity index (χ3v) is 3.17. The van der Waals surface area contributed by atoms with Gasteiger partial charge in [0.1, 0.15) is 11.3 Å². The number of aromatic nitrogens is 2. The summed E-state index contributed by atoms with van der Waals surface area (Å²) in [6, 6.07) is 3.62. The van der Waals surface area contributed by atoms with E-state index in [-0.39, 0.29) is 13.0 Å². The molecule has 2 aromatic rings. The van der Waals surface area contributed by atoms with Gasteiger partial charge in [0.05, 0.1) is 13.3 Å². The van der Waals surface area contributed by atoms with Crippen LogP contribution in [0, 0.1) is 0 Å². The molecule has 1 aromatic heterocycles. The van der Waals surface area contributed by atoms with E-state index in [0.29, 0.717) is 11.3 Å². The molecule has 0 aliphatic carbocycles. The van der Waals surface area contributed by atoms with Crippen molar-refractivity contribution in [2.75, 3.05) is 7.11 Å². The lowest BCUT2D eigenvalue weighted by Crippen LogP contribution is -2.10.